The number of thiazole rings is 1. The summed E-state index contributed by atoms with van der Waals surface area (Å²) >= 11 is 1.71. The van der Waals surface area contributed by atoms with Crippen molar-refractivity contribution in [3.63, 3.8) is 0 Å². The highest BCUT2D eigenvalue weighted by atomic mass is 32.1. The topological polar surface area (TPSA) is 61.8 Å². The first-order chi connectivity index (χ1) is 11.1. The molecule has 2 aromatic heterocycles. The molecular formula is C17H21N3O2S. The Morgan fingerprint density at radius 1 is 1.17 bits per heavy atom. The van der Waals surface area contributed by atoms with Gasteiger partial charge in [-0.1, -0.05) is 6.92 Å². The summed E-state index contributed by atoms with van der Waals surface area (Å²) in [6.07, 6.45) is 0.959. The summed E-state index contributed by atoms with van der Waals surface area (Å²) in [6, 6.07) is 5.84. The number of nitrogens with zero attached hydrogens (tertiary/aromatic N) is 2. The fourth-order valence-corrected chi connectivity index (χ4v) is 4.02. The molecule has 0 spiro atoms. The van der Waals surface area contributed by atoms with Gasteiger partial charge in [0.25, 0.3) is 0 Å². The van der Waals surface area contributed by atoms with Gasteiger partial charge in [-0.25, -0.2) is 4.98 Å². The van der Waals surface area contributed by atoms with Crippen molar-refractivity contribution in [3.8, 4) is 22.8 Å². The maximum absolute atomic E-state index is 6.05. The van der Waals surface area contributed by atoms with Gasteiger partial charge in [-0.2, -0.15) is 0 Å². The molecule has 0 amide bonds. The van der Waals surface area contributed by atoms with Crippen LogP contribution in [-0.2, 0) is 13.0 Å². The Kier molecular flexibility index (Phi) is 4.28. The van der Waals surface area contributed by atoms with Crippen LogP contribution in [0.15, 0.2) is 18.2 Å². The molecule has 23 heavy (non-hydrogen) atoms. The lowest BCUT2D eigenvalue weighted by Gasteiger charge is -2.10. The van der Waals surface area contributed by atoms with E-state index in [2.05, 4.69) is 18.2 Å². The lowest BCUT2D eigenvalue weighted by molar-refractivity contribution is 0.355. The summed E-state index contributed by atoms with van der Waals surface area (Å²) in [4.78, 5) is 7.10. The van der Waals surface area contributed by atoms with E-state index >= 15 is 0 Å². The van der Waals surface area contributed by atoms with Gasteiger partial charge in [0.1, 0.15) is 0 Å². The van der Waals surface area contributed by atoms with Gasteiger partial charge < -0.3 is 15.2 Å². The number of imidazole rings is 1. The molecule has 0 unspecified atom stereocenters. The number of fused-ring (bicyclic) bond motifs is 1. The Bertz CT molecular complexity index is 851. The predicted molar refractivity (Wildman–Crippen MR) is 93.6 cm³/mol. The van der Waals surface area contributed by atoms with Gasteiger partial charge in [0.2, 0.25) is 0 Å². The van der Waals surface area contributed by atoms with E-state index in [4.69, 9.17) is 20.2 Å². The molecule has 2 N–H and O–H groups in total. The van der Waals surface area contributed by atoms with E-state index < -0.39 is 0 Å². The van der Waals surface area contributed by atoms with Crippen LogP contribution < -0.4 is 15.2 Å². The SMILES string of the molecule is CCc1c(C)sc2nc(-c3ccc(OC)c(OC)c3)c(CN)n12. The highest BCUT2D eigenvalue weighted by Gasteiger charge is 2.19. The number of ether oxygens (including phenoxy) is 2. The molecule has 3 rings (SSSR count). The molecular weight excluding hydrogens is 310 g/mol. The Morgan fingerprint density at radius 3 is 2.52 bits per heavy atom. The molecule has 0 atom stereocenters. The van der Waals surface area contributed by atoms with Crippen LogP contribution in [-0.4, -0.2) is 23.6 Å². The molecule has 0 bridgehead atoms. The number of hydrogen-bond acceptors (Lipinski definition) is 5. The number of aromatic nitrogens is 2. The van der Waals surface area contributed by atoms with Gasteiger partial charge in [0.05, 0.1) is 25.6 Å². The minimum atomic E-state index is 0.439. The van der Waals surface area contributed by atoms with Crippen molar-refractivity contribution in [1.29, 1.82) is 0 Å². The highest BCUT2D eigenvalue weighted by molar-refractivity contribution is 7.17. The highest BCUT2D eigenvalue weighted by Crippen LogP contribution is 2.35. The first kappa shape index (κ1) is 15.8. The van der Waals surface area contributed by atoms with Gasteiger partial charge in [-0.15, -0.1) is 11.3 Å². The summed E-state index contributed by atoms with van der Waals surface area (Å²) < 4.78 is 12.9. The number of hydrogen-bond donors (Lipinski definition) is 1. The fraction of sp³-hybridized carbons (Fsp3) is 0.353. The number of aryl methyl sites for hydroxylation is 2. The average Bonchev–Trinajstić information content (AvgIpc) is 3.07. The van der Waals surface area contributed by atoms with Crippen LogP contribution in [0.1, 0.15) is 23.2 Å². The minimum absolute atomic E-state index is 0.439. The lowest BCUT2D eigenvalue weighted by atomic mass is 10.1. The molecule has 0 saturated carbocycles. The molecule has 3 aromatic rings. The average molecular weight is 331 g/mol. The van der Waals surface area contributed by atoms with Crippen molar-refractivity contribution in [2.24, 2.45) is 5.73 Å². The molecule has 5 nitrogen and oxygen atoms in total. The van der Waals surface area contributed by atoms with Crippen LogP contribution >= 0.6 is 11.3 Å². The largest absolute Gasteiger partial charge is 0.493 e. The summed E-state index contributed by atoms with van der Waals surface area (Å²) in [5, 5.41) is 0. The Balaban J connectivity index is 2.22. The lowest BCUT2D eigenvalue weighted by Crippen LogP contribution is -2.05. The third-order valence-corrected chi connectivity index (χ3v) is 5.05. The van der Waals surface area contributed by atoms with Crippen molar-refractivity contribution in [2.45, 2.75) is 26.8 Å². The first-order valence-electron chi connectivity index (χ1n) is 7.56. The van der Waals surface area contributed by atoms with Gasteiger partial charge in [0.15, 0.2) is 16.5 Å². The maximum Gasteiger partial charge on any atom is 0.194 e. The quantitative estimate of drug-likeness (QED) is 0.778. The third kappa shape index (κ3) is 2.48. The minimum Gasteiger partial charge on any atom is -0.493 e. The maximum atomic E-state index is 6.05. The third-order valence-electron chi connectivity index (χ3n) is 4.05. The van der Waals surface area contributed by atoms with E-state index in [1.54, 1.807) is 25.6 Å². The van der Waals surface area contributed by atoms with E-state index in [1.807, 2.05) is 18.2 Å². The molecule has 0 aliphatic heterocycles. The zero-order chi connectivity index (χ0) is 16.6. The predicted octanol–water partition coefficient (Wildman–Crippen LogP) is 3.41. The summed E-state index contributed by atoms with van der Waals surface area (Å²) in [7, 11) is 3.27. The van der Waals surface area contributed by atoms with Gasteiger partial charge in [-0.05, 0) is 31.5 Å². The molecule has 0 fully saturated rings. The summed E-state index contributed by atoms with van der Waals surface area (Å²) in [6.45, 7) is 4.73. The molecule has 0 saturated heterocycles. The second-order valence-electron chi connectivity index (χ2n) is 5.26. The van der Waals surface area contributed by atoms with Crippen LogP contribution in [0.3, 0.4) is 0 Å². The van der Waals surface area contributed by atoms with Crippen molar-refractivity contribution in [1.82, 2.24) is 9.38 Å². The molecule has 0 aliphatic carbocycles. The molecule has 0 aliphatic rings. The van der Waals surface area contributed by atoms with Gasteiger partial charge in [-0.3, -0.25) is 4.40 Å². The number of benzene rings is 1. The summed E-state index contributed by atoms with van der Waals surface area (Å²) in [5.74, 6) is 1.40. The molecule has 1 aromatic carbocycles. The van der Waals surface area contributed by atoms with E-state index in [0.29, 0.717) is 18.0 Å². The number of methoxy groups -OCH3 is 2. The number of rotatable bonds is 5. The van der Waals surface area contributed by atoms with Crippen molar-refractivity contribution in [2.75, 3.05) is 14.2 Å². The van der Waals surface area contributed by atoms with Crippen LogP contribution in [0.25, 0.3) is 16.2 Å². The van der Waals surface area contributed by atoms with Gasteiger partial charge in [0, 0.05) is 22.7 Å². The Labute approximate surface area is 139 Å². The standard InChI is InChI=1S/C17H21N3O2S/c1-5-12-10(2)23-17-19-16(13(9-18)20(12)17)11-6-7-14(21-3)15(8-11)22-4/h6-8H,5,9,18H2,1-4H3. The van der Waals surface area contributed by atoms with E-state index in [-0.39, 0.29) is 0 Å². The smallest absolute Gasteiger partial charge is 0.194 e. The zero-order valence-electron chi connectivity index (χ0n) is 13.8. The Morgan fingerprint density at radius 2 is 1.91 bits per heavy atom. The van der Waals surface area contributed by atoms with Crippen LogP contribution in [0.5, 0.6) is 11.5 Å². The molecule has 122 valence electrons. The first-order valence-corrected chi connectivity index (χ1v) is 8.38. The second kappa shape index (κ2) is 6.22. The molecule has 6 heteroatoms. The second-order valence-corrected chi connectivity index (χ2v) is 6.44. The molecule has 0 radical (unpaired) electrons. The monoisotopic (exact) mass is 331 g/mol. The molecule has 2 heterocycles. The van der Waals surface area contributed by atoms with E-state index in [0.717, 1.165) is 28.3 Å². The van der Waals surface area contributed by atoms with Gasteiger partial charge >= 0.3 is 0 Å². The van der Waals surface area contributed by atoms with Crippen LogP contribution in [0, 0.1) is 6.92 Å². The number of nitrogens with two attached hydrogens (primary N) is 1. The zero-order valence-corrected chi connectivity index (χ0v) is 14.7. The van der Waals surface area contributed by atoms with Crippen molar-refractivity contribution in [3.05, 3.63) is 34.5 Å². The Hall–Kier alpha value is -2.05. The van der Waals surface area contributed by atoms with Crippen molar-refractivity contribution < 1.29 is 9.47 Å². The van der Waals surface area contributed by atoms with Crippen molar-refractivity contribution >= 4 is 16.3 Å². The van der Waals surface area contributed by atoms with Crippen LogP contribution in [0.2, 0.25) is 0 Å². The normalized spacial score (nSPS) is 11.2. The van der Waals surface area contributed by atoms with Crippen LogP contribution in [0.4, 0.5) is 0 Å². The van der Waals surface area contributed by atoms with E-state index in [1.165, 1.54) is 10.6 Å². The summed E-state index contributed by atoms with van der Waals surface area (Å²) in [5.41, 5.74) is 10.3. The fourth-order valence-electron chi connectivity index (χ4n) is 2.94. The van der Waals surface area contributed by atoms with E-state index in [9.17, 15) is 0 Å².